The zero-order chi connectivity index (χ0) is 13.4. The summed E-state index contributed by atoms with van der Waals surface area (Å²) in [6, 6.07) is 14.8. The normalized spacial score (nSPS) is 17.1. The highest BCUT2D eigenvalue weighted by molar-refractivity contribution is 5.81. The second kappa shape index (κ2) is 4.60. The van der Waals surface area contributed by atoms with Crippen LogP contribution in [-0.2, 0) is 6.42 Å². The van der Waals surface area contributed by atoms with E-state index in [0.717, 1.165) is 29.4 Å². The molecule has 1 aliphatic carbocycles. The fourth-order valence-corrected chi connectivity index (χ4v) is 2.90. The molecular weight excluding hydrogens is 246 g/mol. The van der Waals surface area contributed by atoms with Gasteiger partial charge in [0, 0.05) is 11.6 Å². The second-order valence-corrected chi connectivity index (χ2v) is 5.20. The van der Waals surface area contributed by atoms with Crippen molar-refractivity contribution in [3.8, 4) is 0 Å². The smallest absolute Gasteiger partial charge is 0.0703 e. The van der Waals surface area contributed by atoms with E-state index >= 15 is 0 Å². The standard InChI is InChI=1S/C17H15N3/c1-2-6-15-13(4-1)10-14(11-19-15)20-16-8-7-12-5-3-9-18-17(12)16/h1-6,9-11,16,20H,7-8H2. The third-order valence-corrected chi connectivity index (χ3v) is 3.89. The molecule has 3 heteroatoms. The van der Waals surface area contributed by atoms with Crippen molar-refractivity contribution in [3.05, 3.63) is 66.1 Å². The molecular formula is C17H15N3. The molecule has 0 spiro atoms. The molecule has 1 aromatic carbocycles. The highest BCUT2D eigenvalue weighted by Gasteiger charge is 2.23. The third-order valence-electron chi connectivity index (χ3n) is 3.89. The van der Waals surface area contributed by atoms with Crippen LogP contribution in [0.25, 0.3) is 10.9 Å². The van der Waals surface area contributed by atoms with Crippen LogP contribution in [0.4, 0.5) is 5.69 Å². The molecule has 0 amide bonds. The summed E-state index contributed by atoms with van der Waals surface area (Å²) in [5.74, 6) is 0. The molecule has 4 rings (SSSR count). The van der Waals surface area contributed by atoms with Crippen LogP contribution in [0.3, 0.4) is 0 Å². The van der Waals surface area contributed by atoms with Gasteiger partial charge in [-0.2, -0.15) is 0 Å². The van der Waals surface area contributed by atoms with E-state index in [-0.39, 0.29) is 0 Å². The Morgan fingerprint density at radius 1 is 1.05 bits per heavy atom. The number of hydrogen-bond donors (Lipinski definition) is 1. The first-order valence-electron chi connectivity index (χ1n) is 6.95. The van der Waals surface area contributed by atoms with E-state index < -0.39 is 0 Å². The van der Waals surface area contributed by atoms with Crippen molar-refractivity contribution in [2.24, 2.45) is 0 Å². The second-order valence-electron chi connectivity index (χ2n) is 5.20. The van der Waals surface area contributed by atoms with Gasteiger partial charge in [-0.25, -0.2) is 0 Å². The first-order chi connectivity index (χ1) is 9.90. The summed E-state index contributed by atoms with van der Waals surface area (Å²) in [6.07, 6.45) is 5.97. The highest BCUT2D eigenvalue weighted by Crippen LogP contribution is 2.32. The van der Waals surface area contributed by atoms with Crippen LogP contribution in [0, 0.1) is 0 Å². The van der Waals surface area contributed by atoms with E-state index in [1.54, 1.807) is 0 Å². The SMILES string of the molecule is c1cnc2c(c1)CCC2Nc1cnc2ccccc2c1. The molecule has 3 aromatic rings. The Bertz CT molecular complexity index is 767. The molecule has 0 saturated heterocycles. The number of fused-ring (bicyclic) bond motifs is 2. The Labute approximate surface area is 117 Å². The number of benzene rings is 1. The first kappa shape index (κ1) is 11.4. The number of anilines is 1. The third kappa shape index (κ3) is 1.92. The molecule has 0 aliphatic heterocycles. The zero-order valence-electron chi connectivity index (χ0n) is 11.1. The van der Waals surface area contributed by atoms with Crippen LogP contribution < -0.4 is 5.32 Å². The lowest BCUT2D eigenvalue weighted by Gasteiger charge is -2.14. The van der Waals surface area contributed by atoms with Crippen LogP contribution in [0.5, 0.6) is 0 Å². The number of hydrogen-bond acceptors (Lipinski definition) is 3. The maximum atomic E-state index is 4.52. The Hall–Kier alpha value is -2.42. The Balaban J connectivity index is 1.65. The minimum Gasteiger partial charge on any atom is -0.375 e. The molecule has 3 nitrogen and oxygen atoms in total. The number of aromatic nitrogens is 2. The van der Waals surface area contributed by atoms with E-state index in [1.807, 2.05) is 36.7 Å². The van der Waals surface area contributed by atoms with Crippen molar-refractivity contribution < 1.29 is 0 Å². The van der Waals surface area contributed by atoms with Crippen molar-refractivity contribution in [2.45, 2.75) is 18.9 Å². The maximum Gasteiger partial charge on any atom is 0.0703 e. The summed E-state index contributed by atoms with van der Waals surface area (Å²) in [4.78, 5) is 9.01. The van der Waals surface area contributed by atoms with Gasteiger partial charge in [0.05, 0.1) is 29.1 Å². The monoisotopic (exact) mass is 261 g/mol. The van der Waals surface area contributed by atoms with Gasteiger partial charge < -0.3 is 5.32 Å². The van der Waals surface area contributed by atoms with Crippen LogP contribution >= 0.6 is 0 Å². The van der Waals surface area contributed by atoms with Gasteiger partial charge in [-0.3, -0.25) is 9.97 Å². The van der Waals surface area contributed by atoms with Crippen molar-refractivity contribution >= 4 is 16.6 Å². The topological polar surface area (TPSA) is 37.8 Å². The largest absolute Gasteiger partial charge is 0.375 e. The highest BCUT2D eigenvalue weighted by atomic mass is 15.0. The fraction of sp³-hybridized carbons (Fsp3) is 0.176. The number of pyridine rings is 2. The van der Waals surface area contributed by atoms with Gasteiger partial charge in [-0.1, -0.05) is 24.3 Å². The number of rotatable bonds is 2. The first-order valence-corrected chi connectivity index (χ1v) is 6.95. The molecule has 98 valence electrons. The number of nitrogens with zero attached hydrogens (tertiary/aromatic N) is 2. The van der Waals surface area contributed by atoms with Crippen LogP contribution in [0.15, 0.2) is 54.9 Å². The molecule has 0 radical (unpaired) electrons. The van der Waals surface area contributed by atoms with E-state index in [4.69, 9.17) is 0 Å². The summed E-state index contributed by atoms with van der Waals surface area (Å²) < 4.78 is 0. The molecule has 0 saturated carbocycles. The predicted octanol–water partition coefficient (Wildman–Crippen LogP) is 3.73. The van der Waals surface area contributed by atoms with Gasteiger partial charge in [0.2, 0.25) is 0 Å². The van der Waals surface area contributed by atoms with E-state index in [2.05, 4.69) is 33.5 Å². The lowest BCUT2D eigenvalue weighted by molar-refractivity contribution is 0.745. The summed E-state index contributed by atoms with van der Waals surface area (Å²) >= 11 is 0. The lowest BCUT2D eigenvalue weighted by atomic mass is 10.2. The summed E-state index contributed by atoms with van der Waals surface area (Å²) in [5.41, 5.74) is 4.63. The van der Waals surface area contributed by atoms with Crippen LogP contribution in [0.1, 0.15) is 23.7 Å². The van der Waals surface area contributed by atoms with Crippen LogP contribution in [0.2, 0.25) is 0 Å². The molecule has 20 heavy (non-hydrogen) atoms. The number of aryl methyl sites for hydroxylation is 1. The molecule has 1 aliphatic rings. The molecule has 0 bridgehead atoms. The number of nitrogens with one attached hydrogen (secondary N) is 1. The lowest BCUT2D eigenvalue weighted by Crippen LogP contribution is -2.08. The van der Waals surface area contributed by atoms with E-state index in [9.17, 15) is 0 Å². The van der Waals surface area contributed by atoms with Gasteiger partial charge in [0.15, 0.2) is 0 Å². The minimum absolute atomic E-state index is 0.300. The molecule has 2 aromatic heterocycles. The fourth-order valence-electron chi connectivity index (χ4n) is 2.90. The van der Waals surface area contributed by atoms with Gasteiger partial charge in [-0.15, -0.1) is 0 Å². The predicted molar refractivity (Wildman–Crippen MR) is 80.7 cm³/mol. The molecule has 1 atom stereocenters. The molecule has 1 N–H and O–H groups in total. The summed E-state index contributed by atoms with van der Waals surface area (Å²) in [5, 5.41) is 4.73. The van der Waals surface area contributed by atoms with Crippen molar-refractivity contribution in [1.29, 1.82) is 0 Å². The van der Waals surface area contributed by atoms with E-state index in [0.29, 0.717) is 6.04 Å². The average molecular weight is 261 g/mol. The van der Waals surface area contributed by atoms with Gasteiger partial charge in [0.25, 0.3) is 0 Å². The maximum absolute atomic E-state index is 4.52. The zero-order valence-corrected chi connectivity index (χ0v) is 11.1. The molecule has 2 heterocycles. The summed E-state index contributed by atoms with van der Waals surface area (Å²) in [6.45, 7) is 0. The van der Waals surface area contributed by atoms with Gasteiger partial charge >= 0.3 is 0 Å². The molecule has 1 unspecified atom stereocenters. The van der Waals surface area contributed by atoms with Gasteiger partial charge in [0.1, 0.15) is 0 Å². The Morgan fingerprint density at radius 2 is 2.00 bits per heavy atom. The quantitative estimate of drug-likeness (QED) is 0.763. The van der Waals surface area contributed by atoms with Crippen molar-refractivity contribution in [1.82, 2.24) is 9.97 Å². The Morgan fingerprint density at radius 3 is 3.00 bits per heavy atom. The van der Waals surface area contributed by atoms with Crippen LogP contribution in [-0.4, -0.2) is 9.97 Å². The minimum atomic E-state index is 0.300. The van der Waals surface area contributed by atoms with Crippen molar-refractivity contribution in [2.75, 3.05) is 5.32 Å². The number of para-hydroxylation sites is 1. The van der Waals surface area contributed by atoms with Gasteiger partial charge in [-0.05, 0) is 36.6 Å². The Kier molecular flexibility index (Phi) is 2.62. The summed E-state index contributed by atoms with van der Waals surface area (Å²) in [7, 11) is 0. The molecule has 0 fully saturated rings. The average Bonchev–Trinajstić information content (AvgIpc) is 2.91. The van der Waals surface area contributed by atoms with Crippen molar-refractivity contribution in [3.63, 3.8) is 0 Å². The van der Waals surface area contributed by atoms with E-state index in [1.165, 1.54) is 11.3 Å².